The van der Waals surface area contributed by atoms with Gasteiger partial charge in [0.25, 0.3) is 5.78 Å². The maximum Gasteiger partial charge on any atom is 0.257 e. The number of fused-ring (bicyclic) bond motifs is 3. The van der Waals surface area contributed by atoms with Gasteiger partial charge in [0.15, 0.2) is 0 Å². The molecule has 0 amide bonds. The Morgan fingerprint density at radius 1 is 1.03 bits per heavy atom. The predicted octanol–water partition coefficient (Wildman–Crippen LogP) is 4.99. The highest BCUT2D eigenvalue weighted by atomic mass is 35.5. The van der Waals surface area contributed by atoms with E-state index in [1.165, 1.54) is 0 Å². The zero-order valence-corrected chi connectivity index (χ0v) is 18.6. The van der Waals surface area contributed by atoms with Gasteiger partial charge in [-0.05, 0) is 55.8 Å². The van der Waals surface area contributed by atoms with E-state index in [0.29, 0.717) is 16.5 Å². The first kappa shape index (κ1) is 20.4. The molecule has 0 saturated heterocycles. The van der Waals surface area contributed by atoms with Crippen LogP contribution in [-0.2, 0) is 5.60 Å². The Kier molecular flexibility index (Phi) is 4.80. The molecule has 0 bridgehead atoms. The normalized spacial score (nSPS) is 11.9. The van der Waals surface area contributed by atoms with Gasteiger partial charge in [0.2, 0.25) is 0 Å². The Hall–Kier alpha value is -3.55. The van der Waals surface area contributed by atoms with Crippen molar-refractivity contribution < 1.29 is 5.11 Å². The minimum atomic E-state index is -0.976. The fourth-order valence-corrected chi connectivity index (χ4v) is 3.89. The molecule has 32 heavy (non-hydrogen) atoms. The van der Waals surface area contributed by atoms with Crippen LogP contribution in [-0.4, -0.2) is 36.7 Å². The van der Waals surface area contributed by atoms with Crippen LogP contribution in [0.25, 0.3) is 27.8 Å². The van der Waals surface area contributed by atoms with Crippen LogP contribution in [0.1, 0.15) is 19.5 Å². The van der Waals surface area contributed by atoms with Crippen LogP contribution >= 0.6 is 11.6 Å². The summed E-state index contributed by atoms with van der Waals surface area (Å²) < 4.78 is 1.82. The fourth-order valence-electron chi connectivity index (χ4n) is 3.72. The van der Waals surface area contributed by atoms with E-state index in [9.17, 15) is 5.11 Å². The van der Waals surface area contributed by atoms with Crippen LogP contribution in [0.3, 0.4) is 0 Å². The molecular weight excluding hydrogens is 424 g/mol. The van der Waals surface area contributed by atoms with Crippen LogP contribution in [0.2, 0.25) is 5.02 Å². The van der Waals surface area contributed by atoms with Gasteiger partial charge in [-0.15, -0.1) is 10.2 Å². The second-order valence-corrected chi connectivity index (χ2v) is 8.63. The molecule has 3 aromatic heterocycles. The lowest BCUT2D eigenvalue weighted by atomic mass is 10.0. The number of aliphatic hydroxyl groups is 1. The lowest BCUT2D eigenvalue weighted by Gasteiger charge is -2.21. The van der Waals surface area contributed by atoms with Crippen molar-refractivity contribution >= 4 is 39.8 Å². The number of hydrogen-bond donors (Lipinski definition) is 1. The first-order valence-corrected chi connectivity index (χ1v) is 10.5. The van der Waals surface area contributed by atoms with E-state index < -0.39 is 5.60 Å². The number of benzene rings is 2. The lowest BCUT2D eigenvalue weighted by Crippen LogP contribution is -2.17. The number of pyridine rings is 1. The minimum absolute atomic E-state index is 0.504. The number of rotatable bonds is 4. The van der Waals surface area contributed by atoms with E-state index in [1.807, 2.05) is 64.9 Å². The van der Waals surface area contributed by atoms with Crippen LogP contribution in [0.5, 0.6) is 0 Å². The Balaban J connectivity index is 1.58. The average molecular weight is 445 g/mol. The highest BCUT2D eigenvalue weighted by Crippen LogP contribution is 2.33. The quantitative estimate of drug-likeness (QED) is 0.420. The second-order valence-electron chi connectivity index (χ2n) is 8.20. The van der Waals surface area contributed by atoms with Crippen molar-refractivity contribution in [3.8, 4) is 11.1 Å². The summed E-state index contributed by atoms with van der Waals surface area (Å²) in [6.07, 6.45) is 3.42. The molecular formula is C24H21ClN6O. The molecule has 0 saturated carbocycles. The van der Waals surface area contributed by atoms with E-state index >= 15 is 0 Å². The molecule has 0 atom stereocenters. The second kappa shape index (κ2) is 7.55. The van der Waals surface area contributed by atoms with Gasteiger partial charge in [0.05, 0.1) is 11.2 Å². The van der Waals surface area contributed by atoms with Crippen LogP contribution in [0.15, 0.2) is 67.1 Å². The van der Waals surface area contributed by atoms with Crippen molar-refractivity contribution in [2.24, 2.45) is 0 Å². The Labute approximate surface area is 190 Å². The molecule has 5 rings (SSSR count). The number of halogens is 1. The van der Waals surface area contributed by atoms with Gasteiger partial charge in [-0.25, -0.2) is 0 Å². The third-order valence-corrected chi connectivity index (χ3v) is 5.71. The summed E-state index contributed by atoms with van der Waals surface area (Å²) in [6, 6.07) is 17.7. The van der Waals surface area contributed by atoms with Crippen molar-refractivity contribution in [3.05, 3.63) is 77.8 Å². The number of nitrogens with zero attached hydrogens (tertiary/aromatic N) is 6. The molecule has 160 valence electrons. The average Bonchev–Trinajstić information content (AvgIpc) is 3.26. The number of anilines is 2. The number of hydrogen-bond acceptors (Lipinski definition) is 6. The van der Waals surface area contributed by atoms with Gasteiger partial charge in [-0.3, -0.25) is 9.38 Å². The smallest absolute Gasteiger partial charge is 0.257 e. The zero-order valence-electron chi connectivity index (χ0n) is 17.9. The van der Waals surface area contributed by atoms with Gasteiger partial charge in [-0.1, -0.05) is 29.8 Å². The van der Waals surface area contributed by atoms with Crippen LogP contribution in [0, 0.1) is 0 Å². The van der Waals surface area contributed by atoms with Crippen LogP contribution < -0.4 is 4.90 Å². The molecule has 0 unspecified atom stereocenters. The summed E-state index contributed by atoms with van der Waals surface area (Å²) in [5, 5.41) is 19.9. The summed E-state index contributed by atoms with van der Waals surface area (Å²) in [5.74, 6) is 1.26. The van der Waals surface area contributed by atoms with Crippen molar-refractivity contribution in [2.75, 3.05) is 11.9 Å². The Morgan fingerprint density at radius 3 is 2.62 bits per heavy atom. The molecule has 0 aliphatic carbocycles. The Morgan fingerprint density at radius 2 is 1.88 bits per heavy atom. The van der Waals surface area contributed by atoms with Gasteiger partial charge in [0, 0.05) is 34.9 Å². The van der Waals surface area contributed by atoms with E-state index in [4.69, 9.17) is 16.6 Å². The molecule has 2 aromatic carbocycles. The highest BCUT2D eigenvalue weighted by Gasteiger charge is 2.18. The van der Waals surface area contributed by atoms with Crippen molar-refractivity contribution in [1.82, 2.24) is 24.6 Å². The summed E-state index contributed by atoms with van der Waals surface area (Å²) in [6.45, 7) is 3.45. The van der Waals surface area contributed by atoms with E-state index in [1.54, 1.807) is 26.4 Å². The Bertz CT molecular complexity index is 1440. The summed E-state index contributed by atoms with van der Waals surface area (Å²) >= 11 is 6.25. The third kappa shape index (κ3) is 3.55. The molecule has 5 aromatic rings. The maximum atomic E-state index is 10.2. The van der Waals surface area contributed by atoms with Gasteiger partial charge in [0.1, 0.15) is 17.7 Å². The molecule has 0 aliphatic rings. The van der Waals surface area contributed by atoms with Crippen LogP contribution in [0.4, 0.5) is 11.5 Å². The monoisotopic (exact) mass is 444 g/mol. The molecule has 3 heterocycles. The van der Waals surface area contributed by atoms with Crippen molar-refractivity contribution in [1.29, 1.82) is 0 Å². The van der Waals surface area contributed by atoms with Gasteiger partial charge < -0.3 is 10.0 Å². The summed E-state index contributed by atoms with van der Waals surface area (Å²) in [4.78, 5) is 11.2. The fraction of sp³-hybridized carbons (Fsp3) is 0.167. The van der Waals surface area contributed by atoms with Crippen molar-refractivity contribution in [2.45, 2.75) is 19.4 Å². The van der Waals surface area contributed by atoms with Gasteiger partial charge in [-0.2, -0.15) is 4.98 Å². The third-order valence-electron chi connectivity index (χ3n) is 5.47. The largest absolute Gasteiger partial charge is 0.384 e. The van der Waals surface area contributed by atoms with E-state index in [0.717, 1.165) is 33.5 Å². The molecule has 1 N–H and O–H groups in total. The standard InChI is InChI=1S/C24H21ClN6O/c1-24(2,32)21-10-7-16(13-26-21)15-5-4-6-18(11-15)30(3)22-19-9-8-17(25)12-20(19)31-14-27-29-23(31)28-22/h4-14,32H,1-3H3. The zero-order chi connectivity index (χ0) is 22.5. The first-order valence-electron chi connectivity index (χ1n) is 10.1. The lowest BCUT2D eigenvalue weighted by molar-refractivity contribution is 0.0739. The van der Waals surface area contributed by atoms with Crippen molar-refractivity contribution in [3.63, 3.8) is 0 Å². The molecule has 0 radical (unpaired) electrons. The maximum absolute atomic E-state index is 10.2. The molecule has 8 heteroatoms. The minimum Gasteiger partial charge on any atom is -0.384 e. The predicted molar refractivity (Wildman–Crippen MR) is 126 cm³/mol. The molecule has 0 aliphatic heterocycles. The topological polar surface area (TPSA) is 79.4 Å². The highest BCUT2D eigenvalue weighted by molar-refractivity contribution is 6.31. The summed E-state index contributed by atoms with van der Waals surface area (Å²) in [7, 11) is 1.97. The molecule has 7 nitrogen and oxygen atoms in total. The van der Waals surface area contributed by atoms with Gasteiger partial charge >= 0.3 is 0 Å². The summed E-state index contributed by atoms with van der Waals surface area (Å²) in [5.41, 5.74) is 3.48. The molecule has 0 fully saturated rings. The van der Waals surface area contributed by atoms with E-state index in [-0.39, 0.29) is 0 Å². The van der Waals surface area contributed by atoms with E-state index in [2.05, 4.69) is 21.2 Å². The number of aromatic nitrogens is 5. The SMILES string of the molecule is CN(c1cccc(-c2ccc(C(C)(C)O)nc2)c1)c1nc2nncn2c2cc(Cl)ccc12. The molecule has 0 spiro atoms. The first-order chi connectivity index (χ1) is 15.3.